The number of rotatable bonds is 1. The van der Waals surface area contributed by atoms with Crippen LogP contribution in [0, 0.1) is 46.3 Å². The number of fused-ring (bicyclic) bond motifs is 7. The van der Waals surface area contributed by atoms with Gasteiger partial charge in [-0.1, -0.05) is 39.3 Å². The van der Waals surface area contributed by atoms with Crippen molar-refractivity contribution in [2.24, 2.45) is 46.3 Å². The minimum absolute atomic E-state index is 0.00702. The molecule has 2 saturated heterocycles. The standard InChI is InChI=1S/C29H42O5/c1-16-8-11-29(32-15-16)17(2)26-24(34-29)13-23-21-7-6-19-12-20(33-18(3)30)9-10-27(19,4)22(21)14-25(31)28(23,26)5/h6,16-17,20-24,26H,7-15H2,1-5H3/t16-,17+,20+,21-,22+,23+,24+,26+,27+,28-,29-/m1/s1. The highest BCUT2D eigenvalue weighted by Gasteiger charge is 2.71. The highest BCUT2D eigenvalue weighted by molar-refractivity contribution is 5.87. The van der Waals surface area contributed by atoms with Crippen molar-refractivity contribution in [1.82, 2.24) is 0 Å². The molecule has 0 bridgehead atoms. The SMILES string of the molecule is CC(=O)O[C@H]1CC[C@@]2(C)C(=CC[C@H]3[C@@H]4C[C@@H]5O[C@]6(CC[C@@H](C)CO6)[C@@H](C)[C@@H]5[C@@]4(C)C(=O)C[C@@H]32)C1. The normalized spacial score (nSPS) is 54.0. The summed E-state index contributed by atoms with van der Waals surface area (Å²) in [7, 11) is 0. The van der Waals surface area contributed by atoms with Crippen LogP contribution in [0.5, 0.6) is 0 Å². The Hall–Kier alpha value is -1.20. The van der Waals surface area contributed by atoms with Gasteiger partial charge in [0.05, 0.1) is 12.7 Å². The van der Waals surface area contributed by atoms with Gasteiger partial charge in [-0.05, 0) is 61.2 Å². The molecule has 6 aliphatic rings. The van der Waals surface area contributed by atoms with Crippen LogP contribution in [-0.4, -0.2) is 36.4 Å². The molecule has 6 rings (SSSR count). The van der Waals surface area contributed by atoms with Gasteiger partial charge in [0.2, 0.25) is 0 Å². The zero-order valence-corrected chi connectivity index (χ0v) is 21.6. The lowest BCUT2D eigenvalue weighted by Crippen LogP contribution is -2.56. The number of hydrogen-bond acceptors (Lipinski definition) is 5. The van der Waals surface area contributed by atoms with Crippen LogP contribution in [-0.2, 0) is 23.8 Å². The second kappa shape index (κ2) is 7.65. The number of ether oxygens (including phenoxy) is 3. The quantitative estimate of drug-likeness (QED) is 0.376. The third-order valence-corrected chi connectivity index (χ3v) is 11.5. The highest BCUT2D eigenvalue weighted by Crippen LogP contribution is 2.69. The molecule has 0 radical (unpaired) electrons. The van der Waals surface area contributed by atoms with E-state index in [1.807, 2.05) is 0 Å². The molecule has 188 valence electrons. The number of Topliss-reactive ketones (excluding diaryl/α,β-unsaturated/α-hetero) is 1. The molecule has 0 aromatic heterocycles. The Balaban J connectivity index is 1.28. The number of carbonyl (C=O) groups is 2. The summed E-state index contributed by atoms with van der Waals surface area (Å²) in [6, 6.07) is 0. The molecular formula is C29H42O5. The monoisotopic (exact) mass is 470 g/mol. The van der Waals surface area contributed by atoms with Crippen LogP contribution < -0.4 is 0 Å². The molecule has 5 heteroatoms. The molecule has 11 atom stereocenters. The van der Waals surface area contributed by atoms with Crippen molar-refractivity contribution in [1.29, 1.82) is 0 Å². The van der Waals surface area contributed by atoms with Crippen LogP contribution in [0.4, 0.5) is 0 Å². The van der Waals surface area contributed by atoms with E-state index in [0.29, 0.717) is 35.9 Å². The lowest BCUT2D eigenvalue weighted by Gasteiger charge is -2.57. The molecule has 34 heavy (non-hydrogen) atoms. The lowest BCUT2D eigenvalue weighted by atomic mass is 9.46. The molecule has 0 amide bonds. The molecule has 2 aliphatic heterocycles. The van der Waals surface area contributed by atoms with Crippen molar-refractivity contribution in [3.63, 3.8) is 0 Å². The van der Waals surface area contributed by atoms with Gasteiger partial charge in [-0.15, -0.1) is 0 Å². The number of ketones is 1. The van der Waals surface area contributed by atoms with Gasteiger partial charge in [-0.3, -0.25) is 9.59 Å². The summed E-state index contributed by atoms with van der Waals surface area (Å²) in [6.07, 6.45) is 10.1. The summed E-state index contributed by atoms with van der Waals surface area (Å²) in [6.45, 7) is 11.5. The van der Waals surface area contributed by atoms with Crippen molar-refractivity contribution in [3.8, 4) is 0 Å². The first kappa shape index (κ1) is 23.2. The topological polar surface area (TPSA) is 61.8 Å². The fourth-order valence-corrected chi connectivity index (χ4v) is 9.66. The largest absolute Gasteiger partial charge is 0.462 e. The molecule has 0 aromatic carbocycles. The van der Waals surface area contributed by atoms with Crippen LogP contribution in [0.15, 0.2) is 11.6 Å². The molecule has 4 aliphatic carbocycles. The van der Waals surface area contributed by atoms with Crippen molar-refractivity contribution in [2.45, 2.75) is 104 Å². The van der Waals surface area contributed by atoms with Gasteiger partial charge in [-0.2, -0.15) is 0 Å². The Bertz CT molecular complexity index is 915. The third-order valence-electron chi connectivity index (χ3n) is 11.5. The zero-order chi connectivity index (χ0) is 24.0. The maximum Gasteiger partial charge on any atom is 0.302 e. The fraction of sp³-hybridized carbons (Fsp3) is 0.862. The predicted molar refractivity (Wildman–Crippen MR) is 128 cm³/mol. The number of hydrogen-bond donors (Lipinski definition) is 0. The van der Waals surface area contributed by atoms with Crippen LogP contribution in [0.2, 0.25) is 0 Å². The first-order chi connectivity index (χ1) is 16.1. The van der Waals surface area contributed by atoms with E-state index in [0.717, 1.165) is 51.6 Å². The summed E-state index contributed by atoms with van der Waals surface area (Å²) in [5.41, 5.74) is 1.16. The predicted octanol–water partition coefficient (Wildman–Crippen LogP) is 5.46. The Morgan fingerprint density at radius 3 is 2.62 bits per heavy atom. The van der Waals surface area contributed by atoms with E-state index in [9.17, 15) is 9.59 Å². The van der Waals surface area contributed by atoms with Gasteiger partial charge in [-0.25, -0.2) is 0 Å². The second-order valence-electron chi connectivity index (χ2n) is 13.1. The molecule has 5 nitrogen and oxygen atoms in total. The minimum atomic E-state index is -0.479. The van der Waals surface area contributed by atoms with Crippen molar-refractivity contribution < 1.29 is 23.8 Å². The molecule has 1 spiro atoms. The Kier molecular flexibility index (Phi) is 5.22. The first-order valence-electron chi connectivity index (χ1n) is 13.8. The summed E-state index contributed by atoms with van der Waals surface area (Å²) in [5.74, 6) is 2.21. The molecule has 3 saturated carbocycles. The third kappa shape index (κ3) is 3.04. The molecule has 0 unspecified atom stereocenters. The maximum absolute atomic E-state index is 14.1. The smallest absolute Gasteiger partial charge is 0.302 e. The van der Waals surface area contributed by atoms with Crippen LogP contribution in [0.25, 0.3) is 0 Å². The van der Waals surface area contributed by atoms with Crippen molar-refractivity contribution >= 4 is 11.8 Å². The van der Waals surface area contributed by atoms with E-state index in [2.05, 4.69) is 33.8 Å². The number of carbonyl (C=O) groups excluding carboxylic acids is 2. The second-order valence-corrected chi connectivity index (χ2v) is 13.1. The average molecular weight is 471 g/mol. The first-order valence-corrected chi connectivity index (χ1v) is 13.8. The summed E-state index contributed by atoms with van der Waals surface area (Å²) < 4.78 is 18.8. The van der Waals surface area contributed by atoms with Crippen molar-refractivity contribution in [2.75, 3.05) is 6.61 Å². The summed E-state index contributed by atoms with van der Waals surface area (Å²) >= 11 is 0. The van der Waals surface area contributed by atoms with Crippen LogP contribution in [0.3, 0.4) is 0 Å². The molecule has 5 fully saturated rings. The lowest BCUT2D eigenvalue weighted by molar-refractivity contribution is -0.272. The van der Waals surface area contributed by atoms with E-state index in [-0.39, 0.29) is 40.8 Å². The van der Waals surface area contributed by atoms with E-state index in [1.54, 1.807) is 0 Å². The van der Waals surface area contributed by atoms with E-state index >= 15 is 0 Å². The van der Waals surface area contributed by atoms with Crippen molar-refractivity contribution in [3.05, 3.63) is 11.6 Å². The summed E-state index contributed by atoms with van der Waals surface area (Å²) in [4.78, 5) is 25.6. The molecule has 2 heterocycles. The van der Waals surface area contributed by atoms with Crippen LogP contribution >= 0.6 is 0 Å². The summed E-state index contributed by atoms with van der Waals surface area (Å²) in [5, 5.41) is 0. The van der Waals surface area contributed by atoms with Gasteiger partial charge < -0.3 is 14.2 Å². The van der Waals surface area contributed by atoms with Gasteiger partial charge in [0.15, 0.2) is 5.79 Å². The molecular weight excluding hydrogens is 428 g/mol. The maximum atomic E-state index is 14.1. The molecule has 0 aromatic rings. The highest BCUT2D eigenvalue weighted by atomic mass is 16.7. The molecule has 0 N–H and O–H groups in total. The Labute approximate surface area is 204 Å². The number of allylic oxidation sites excluding steroid dienone is 1. The zero-order valence-electron chi connectivity index (χ0n) is 21.6. The minimum Gasteiger partial charge on any atom is -0.462 e. The van der Waals surface area contributed by atoms with Gasteiger partial charge >= 0.3 is 5.97 Å². The van der Waals surface area contributed by atoms with E-state index < -0.39 is 5.79 Å². The Morgan fingerprint density at radius 2 is 1.91 bits per heavy atom. The Morgan fingerprint density at radius 1 is 1.12 bits per heavy atom. The van der Waals surface area contributed by atoms with E-state index in [4.69, 9.17) is 14.2 Å². The van der Waals surface area contributed by atoms with Crippen LogP contribution in [0.1, 0.15) is 86.0 Å². The van der Waals surface area contributed by atoms with Gasteiger partial charge in [0.1, 0.15) is 11.9 Å². The fourth-order valence-electron chi connectivity index (χ4n) is 9.66. The number of esters is 1. The average Bonchev–Trinajstić information content (AvgIpc) is 3.23. The van der Waals surface area contributed by atoms with Gasteiger partial charge in [0.25, 0.3) is 0 Å². The van der Waals surface area contributed by atoms with Gasteiger partial charge in [0, 0.05) is 43.4 Å². The van der Waals surface area contributed by atoms with E-state index in [1.165, 1.54) is 12.5 Å².